The van der Waals surface area contributed by atoms with Crippen molar-refractivity contribution in [2.75, 3.05) is 39.3 Å². The average Bonchev–Trinajstić information content (AvgIpc) is 2.58. The molecule has 0 atom stereocenters. The molecule has 126 valence electrons. The Kier molecular flexibility index (Phi) is 5.30. The van der Waals surface area contributed by atoms with Crippen molar-refractivity contribution in [2.24, 2.45) is 5.84 Å². The summed E-state index contributed by atoms with van der Waals surface area (Å²) >= 11 is 0. The molecule has 0 radical (unpaired) electrons. The number of hydrazine groups is 1. The minimum Gasteiger partial charge on any atom is -0.343 e. The van der Waals surface area contributed by atoms with Gasteiger partial charge in [0.25, 0.3) is 0 Å². The minimum atomic E-state index is 0.205. The molecule has 2 N–H and O–H groups in total. The van der Waals surface area contributed by atoms with Crippen LogP contribution in [-0.2, 0) is 11.3 Å². The molecule has 0 spiro atoms. The summed E-state index contributed by atoms with van der Waals surface area (Å²) < 4.78 is 0. The van der Waals surface area contributed by atoms with Crippen LogP contribution in [0.15, 0.2) is 24.3 Å². The van der Waals surface area contributed by atoms with E-state index in [-0.39, 0.29) is 5.91 Å². The van der Waals surface area contributed by atoms with Crippen LogP contribution < -0.4 is 5.84 Å². The molecule has 1 amide bonds. The number of piperazine rings is 1. The van der Waals surface area contributed by atoms with Crippen molar-refractivity contribution in [3.05, 3.63) is 35.4 Å². The van der Waals surface area contributed by atoms with Crippen molar-refractivity contribution >= 4 is 5.91 Å². The Balaban J connectivity index is 1.52. The third-order valence-electron chi connectivity index (χ3n) is 5.20. The molecule has 1 aromatic rings. The van der Waals surface area contributed by atoms with Crippen molar-refractivity contribution in [2.45, 2.75) is 32.2 Å². The Labute approximate surface area is 139 Å². The van der Waals surface area contributed by atoms with Gasteiger partial charge in [0.05, 0.1) is 0 Å². The van der Waals surface area contributed by atoms with Crippen molar-refractivity contribution in [1.82, 2.24) is 14.8 Å². The number of amides is 1. The van der Waals surface area contributed by atoms with Crippen LogP contribution in [0.4, 0.5) is 0 Å². The van der Waals surface area contributed by atoms with Crippen LogP contribution in [0.25, 0.3) is 0 Å². The van der Waals surface area contributed by atoms with Crippen LogP contribution >= 0.6 is 0 Å². The lowest BCUT2D eigenvalue weighted by Crippen LogP contribution is -2.48. The number of hydrogen-bond donors (Lipinski definition) is 1. The molecule has 0 aromatic heterocycles. The molecule has 2 saturated heterocycles. The predicted octanol–water partition coefficient (Wildman–Crippen LogP) is 1.40. The molecule has 5 heteroatoms. The van der Waals surface area contributed by atoms with Crippen molar-refractivity contribution in [1.29, 1.82) is 0 Å². The Morgan fingerprint density at radius 1 is 1.04 bits per heavy atom. The molecule has 0 saturated carbocycles. The summed E-state index contributed by atoms with van der Waals surface area (Å²) in [6.07, 6.45) is 2.16. The Bertz CT molecular complexity index is 514. The maximum absolute atomic E-state index is 11.4. The monoisotopic (exact) mass is 316 g/mol. The standard InChI is InChI=1S/C18H28N4O/c1-15(23)21-8-6-18(7-9-21)17-4-2-16(3-5-17)14-20-10-12-22(19)13-11-20/h2-5,18H,6-14,19H2,1H3. The fraction of sp³-hybridized carbons (Fsp3) is 0.611. The van der Waals surface area contributed by atoms with Crippen molar-refractivity contribution < 1.29 is 4.79 Å². The summed E-state index contributed by atoms with van der Waals surface area (Å²) in [4.78, 5) is 15.8. The van der Waals surface area contributed by atoms with E-state index in [0.29, 0.717) is 5.92 Å². The largest absolute Gasteiger partial charge is 0.343 e. The number of benzene rings is 1. The van der Waals surface area contributed by atoms with Gasteiger partial charge in [-0.05, 0) is 29.9 Å². The highest BCUT2D eigenvalue weighted by Gasteiger charge is 2.22. The topological polar surface area (TPSA) is 52.8 Å². The fourth-order valence-electron chi connectivity index (χ4n) is 3.60. The zero-order valence-electron chi connectivity index (χ0n) is 14.1. The summed E-state index contributed by atoms with van der Waals surface area (Å²) in [5.41, 5.74) is 2.80. The zero-order valence-corrected chi connectivity index (χ0v) is 14.1. The first-order valence-corrected chi connectivity index (χ1v) is 8.68. The Morgan fingerprint density at radius 3 is 2.22 bits per heavy atom. The Hall–Kier alpha value is -1.43. The number of nitrogens with zero attached hydrogens (tertiary/aromatic N) is 3. The molecule has 2 aliphatic heterocycles. The number of rotatable bonds is 3. The SMILES string of the molecule is CC(=O)N1CCC(c2ccc(CN3CCN(N)CC3)cc2)CC1. The number of carbonyl (C=O) groups is 1. The van der Waals surface area contributed by atoms with Gasteiger partial charge < -0.3 is 4.90 Å². The Morgan fingerprint density at radius 2 is 1.65 bits per heavy atom. The lowest BCUT2D eigenvalue weighted by molar-refractivity contribution is -0.129. The second kappa shape index (κ2) is 7.43. The normalized spacial score (nSPS) is 21.6. The van der Waals surface area contributed by atoms with E-state index in [1.807, 2.05) is 9.91 Å². The number of hydrogen-bond acceptors (Lipinski definition) is 4. The van der Waals surface area contributed by atoms with E-state index in [1.165, 1.54) is 11.1 Å². The second-order valence-corrected chi connectivity index (χ2v) is 6.83. The molecule has 2 heterocycles. The number of likely N-dealkylation sites (tertiary alicyclic amines) is 1. The van der Waals surface area contributed by atoms with Crippen LogP contribution in [0.5, 0.6) is 0 Å². The molecule has 2 fully saturated rings. The quantitative estimate of drug-likeness (QED) is 0.857. The highest BCUT2D eigenvalue weighted by atomic mass is 16.2. The first-order chi connectivity index (χ1) is 11.1. The summed E-state index contributed by atoms with van der Waals surface area (Å²) in [6, 6.07) is 9.09. The summed E-state index contributed by atoms with van der Waals surface area (Å²) in [5, 5.41) is 1.90. The van der Waals surface area contributed by atoms with Gasteiger partial charge in [-0.3, -0.25) is 15.5 Å². The van der Waals surface area contributed by atoms with E-state index >= 15 is 0 Å². The van der Waals surface area contributed by atoms with E-state index in [4.69, 9.17) is 5.84 Å². The van der Waals surface area contributed by atoms with Gasteiger partial charge in [-0.25, -0.2) is 5.01 Å². The van der Waals surface area contributed by atoms with E-state index in [9.17, 15) is 4.79 Å². The van der Waals surface area contributed by atoms with Crippen LogP contribution in [-0.4, -0.2) is 60.0 Å². The number of nitrogens with two attached hydrogens (primary N) is 1. The number of piperidine rings is 1. The first-order valence-electron chi connectivity index (χ1n) is 8.68. The molecule has 0 unspecified atom stereocenters. The highest BCUT2D eigenvalue weighted by molar-refractivity contribution is 5.73. The van der Waals surface area contributed by atoms with E-state index in [2.05, 4.69) is 29.2 Å². The lowest BCUT2D eigenvalue weighted by Gasteiger charge is -2.32. The smallest absolute Gasteiger partial charge is 0.219 e. The van der Waals surface area contributed by atoms with E-state index in [0.717, 1.165) is 58.7 Å². The van der Waals surface area contributed by atoms with Crippen LogP contribution in [0.1, 0.15) is 36.8 Å². The van der Waals surface area contributed by atoms with E-state index < -0.39 is 0 Å². The first kappa shape index (κ1) is 16.4. The van der Waals surface area contributed by atoms with Crippen molar-refractivity contribution in [3.8, 4) is 0 Å². The summed E-state index contributed by atoms with van der Waals surface area (Å²) in [6.45, 7) is 8.45. The maximum atomic E-state index is 11.4. The lowest BCUT2D eigenvalue weighted by atomic mass is 9.89. The summed E-state index contributed by atoms with van der Waals surface area (Å²) in [5.74, 6) is 6.61. The van der Waals surface area contributed by atoms with Gasteiger partial charge in [0, 0.05) is 52.7 Å². The molecule has 3 rings (SSSR count). The second-order valence-electron chi connectivity index (χ2n) is 6.83. The minimum absolute atomic E-state index is 0.205. The average molecular weight is 316 g/mol. The number of carbonyl (C=O) groups excluding carboxylic acids is 1. The van der Waals surface area contributed by atoms with Crippen LogP contribution in [0.2, 0.25) is 0 Å². The van der Waals surface area contributed by atoms with Gasteiger partial charge in [0.15, 0.2) is 0 Å². The molecule has 23 heavy (non-hydrogen) atoms. The molecular formula is C18H28N4O. The van der Waals surface area contributed by atoms with E-state index in [1.54, 1.807) is 6.92 Å². The van der Waals surface area contributed by atoms with Crippen LogP contribution in [0.3, 0.4) is 0 Å². The van der Waals surface area contributed by atoms with Gasteiger partial charge in [0.2, 0.25) is 5.91 Å². The molecule has 5 nitrogen and oxygen atoms in total. The zero-order chi connectivity index (χ0) is 16.2. The van der Waals surface area contributed by atoms with Gasteiger partial charge in [0.1, 0.15) is 0 Å². The van der Waals surface area contributed by atoms with Gasteiger partial charge in [-0.15, -0.1) is 0 Å². The highest BCUT2D eigenvalue weighted by Crippen LogP contribution is 2.28. The van der Waals surface area contributed by atoms with Gasteiger partial charge in [-0.2, -0.15) is 0 Å². The van der Waals surface area contributed by atoms with Gasteiger partial charge >= 0.3 is 0 Å². The molecule has 2 aliphatic rings. The third kappa shape index (κ3) is 4.31. The third-order valence-corrected chi connectivity index (χ3v) is 5.20. The van der Waals surface area contributed by atoms with Crippen LogP contribution in [0, 0.1) is 0 Å². The molecule has 0 bridgehead atoms. The van der Waals surface area contributed by atoms with Crippen molar-refractivity contribution in [3.63, 3.8) is 0 Å². The maximum Gasteiger partial charge on any atom is 0.219 e. The molecule has 1 aromatic carbocycles. The molecular weight excluding hydrogens is 288 g/mol. The molecule has 0 aliphatic carbocycles. The fourth-order valence-corrected chi connectivity index (χ4v) is 3.60. The van der Waals surface area contributed by atoms with Gasteiger partial charge in [-0.1, -0.05) is 24.3 Å². The summed E-state index contributed by atoms with van der Waals surface area (Å²) in [7, 11) is 0. The predicted molar refractivity (Wildman–Crippen MR) is 91.7 cm³/mol.